The third-order valence-electron chi connectivity index (χ3n) is 3.38. The van der Waals surface area contributed by atoms with E-state index >= 15 is 0 Å². The number of halogens is 3. The minimum atomic E-state index is -1.60. The lowest BCUT2D eigenvalue weighted by Gasteiger charge is -2.07. The van der Waals surface area contributed by atoms with E-state index in [0.717, 1.165) is 23.2 Å². The summed E-state index contributed by atoms with van der Waals surface area (Å²) in [6.45, 7) is 0. The maximum absolute atomic E-state index is 13.8. The van der Waals surface area contributed by atoms with Gasteiger partial charge in [-0.3, -0.25) is 0 Å². The second-order valence-electron chi connectivity index (χ2n) is 4.54. The van der Waals surface area contributed by atoms with Crippen molar-refractivity contribution in [2.45, 2.75) is 19.3 Å². The normalized spacial score (nSPS) is 13.6. The first kappa shape index (κ1) is 12.7. The molecule has 1 aromatic heterocycles. The Morgan fingerprint density at radius 2 is 1.95 bits per heavy atom. The first-order valence-corrected chi connectivity index (χ1v) is 5.98. The van der Waals surface area contributed by atoms with Crippen molar-refractivity contribution in [1.29, 1.82) is 0 Å². The fourth-order valence-corrected chi connectivity index (χ4v) is 2.49. The number of fused-ring (bicyclic) bond motifs is 1. The van der Waals surface area contributed by atoms with Crippen LogP contribution in [0.1, 0.15) is 28.2 Å². The molecule has 3 rings (SSSR count). The Balaban J connectivity index is 2.24. The molecule has 0 unspecified atom stereocenters. The summed E-state index contributed by atoms with van der Waals surface area (Å²) in [6.07, 6.45) is 1.77. The molecule has 1 aliphatic carbocycles. The van der Waals surface area contributed by atoms with Crippen LogP contribution in [0.25, 0.3) is 5.69 Å². The van der Waals surface area contributed by atoms with Gasteiger partial charge in [-0.05, 0) is 31.4 Å². The third kappa shape index (κ3) is 1.70. The number of nitrogens with zero attached hydrogens (tertiary/aromatic N) is 2. The molecule has 0 aliphatic heterocycles. The van der Waals surface area contributed by atoms with Gasteiger partial charge in [0.05, 0.1) is 0 Å². The Labute approximate surface area is 111 Å². The van der Waals surface area contributed by atoms with Crippen molar-refractivity contribution in [1.82, 2.24) is 9.78 Å². The molecule has 20 heavy (non-hydrogen) atoms. The predicted molar refractivity (Wildman–Crippen MR) is 62.4 cm³/mol. The molecule has 1 aromatic carbocycles. The van der Waals surface area contributed by atoms with Crippen LogP contribution in [0.2, 0.25) is 0 Å². The number of benzene rings is 1. The van der Waals surface area contributed by atoms with Crippen molar-refractivity contribution in [3.63, 3.8) is 0 Å². The van der Waals surface area contributed by atoms with Gasteiger partial charge >= 0.3 is 5.97 Å². The monoisotopic (exact) mass is 282 g/mol. The highest BCUT2D eigenvalue weighted by atomic mass is 19.2. The summed E-state index contributed by atoms with van der Waals surface area (Å²) in [5.41, 5.74) is 0.616. The van der Waals surface area contributed by atoms with Gasteiger partial charge in [0.25, 0.3) is 0 Å². The van der Waals surface area contributed by atoms with E-state index in [4.69, 9.17) is 5.11 Å². The van der Waals surface area contributed by atoms with Gasteiger partial charge in [-0.25, -0.2) is 22.6 Å². The Hall–Kier alpha value is -2.31. The highest BCUT2D eigenvalue weighted by Gasteiger charge is 2.28. The van der Waals surface area contributed by atoms with Crippen molar-refractivity contribution in [3.05, 3.63) is 46.5 Å². The minimum Gasteiger partial charge on any atom is -0.476 e. The summed E-state index contributed by atoms with van der Waals surface area (Å²) < 4.78 is 41.1. The zero-order valence-corrected chi connectivity index (χ0v) is 10.2. The maximum Gasteiger partial charge on any atom is 0.356 e. The van der Waals surface area contributed by atoms with E-state index in [2.05, 4.69) is 5.10 Å². The third-order valence-corrected chi connectivity index (χ3v) is 3.38. The Morgan fingerprint density at radius 1 is 1.20 bits per heavy atom. The molecule has 7 heteroatoms. The van der Waals surface area contributed by atoms with E-state index in [1.807, 2.05) is 0 Å². The molecular weight excluding hydrogens is 273 g/mol. The average Bonchev–Trinajstić information content (AvgIpc) is 2.98. The van der Waals surface area contributed by atoms with Gasteiger partial charge in [-0.2, -0.15) is 5.10 Å². The second-order valence-corrected chi connectivity index (χ2v) is 4.54. The van der Waals surface area contributed by atoms with E-state index in [9.17, 15) is 18.0 Å². The van der Waals surface area contributed by atoms with Crippen molar-refractivity contribution in [2.75, 3.05) is 0 Å². The molecule has 0 amide bonds. The van der Waals surface area contributed by atoms with Gasteiger partial charge in [0.2, 0.25) is 0 Å². The maximum atomic E-state index is 13.8. The number of carboxylic acids is 1. The van der Waals surface area contributed by atoms with Crippen molar-refractivity contribution < 1.29 is 23.1 Å². The van der Waals surface area contributed by atoms with Gasteiger partial charge in [0.1, 0.15) is 5.69 Å². The molecule has 0 saturated heterocycles. The smallest absolute Gasteiger partial charge is 0.356 e. The van der Waals surface area contributed by atoms with Gasteiger partial charge in [-0.15, -0.1) is 0 Å². The van der Waals surface area contributed by atoms with Gasteiger partial charge in [0, 0.05) is 11.3 Å². The summed E-state index contributed by atoms with van der Waals surface area (Å²) in [4.78, 5) is 11.1. The predicted octanol–water partition coefficient (Wildman–Crippen LogP) is 2.48. The van der Waals surface area contributed by atoms with E-state index < -0.39 is 23.4 Å². The second kappa shape index (κ2) is 4.36. The molecule has 0 radical (unpaired) electrons. The number of aromatic carboxylic acids is 1. The summed E-state index contributed by atoms with van der Waals surface area (Å²) in [7, 11) is 0. The van der Waals surface area contributed by atoms with Crippen molar-refractivity contribution >= 4 is 5.97 Å². The number of carboxylic acid groups (broad SMARTS) is 1. The van der Waals surface area contributed by atoms with Crippen molar-refractivity contribution in [2.24, 2.45) is 0 Å². The van der Waals surface area contributed by atoms with E-state index in [1.54, 1.807) is 0 Å². The van der Waals surface area contributed by atoms with E-state index in [0.29, 0.717) is 24.1 Å². The fourth-order valence-electron chi connectivity index (χ4n) is 2.49. The van der Waals surface area contributed by atoms with Crippen molar-refractivity contribution in [3.8, 4) is 5.69 Å². The SMILES string of the molecule is O=C(O)c1nn(-c2ccc(F)c(F)c2F)c2c1CCC2. The number of hydrogen-bond acceptors (Lipinski definition) is 2. The van der Waals surface area contributed by atoms with Gasteiger partial charge < -0.3 is 5.11 Å². The van der Waals surface area contributed by atoms with Gasteiger partial charge in [0.15, 0.2) is 23.1 Å². The highest BCUT2D eigenvalue weighted by molar-refractivity contribution is 5.87. The van der Waals surface area contributed by atoms with Crippen LogP contribution < -0.4 is 0 Å². The van der Waals surface area contributed by atoms with Crippen LogP contribution in [0.4, 0.5) is 13.2 Å². The molecule has 0 fully saturated rings. The van der Waals surface area contributed by atoms with Crippen LogP contribution in [0, 0.1) is 17.5 Å². The molecule has 0 spiro atoms. The number of aromatic nitrogens is 2. The number of rotatable bonds is 2. The molecule has 4 nitrogen and oxygen atoms in total. The molecule has 0 atom stereocenters. The molecule has 104 valence electrons. The lowest BCUT2D eigenvalue weighted by molar-refractivity contribution is 0.0688. The van der Waals surface area contributed by atoms with E-state index in [-0.39, 0.29) is 11.4 Å². The van der Waals surface area contributed by atoms with Crippen LogP contribution in [0.15, 0.2) is 12.1 Å². The summed E-state index contributed by atoms with van der Waals surface area (Å²) >= 11 is 0. The Morgan fingerprint density at radius 3 is 2.65 bits per heavy atom. The standard InChI is InChI=1S/C13H9F3N2O2/c14-7-4-5-9(11(16)10(7)15)18-8-3-1-2-6(8)12(17-18)13(19)20/h4-5H,1-3H2,(H,19,20). The first-order chi connectivity index (χ1) is 9.50. The molecule has 0 bridgehead atoms. The molecular formula is C13H9F3N2O2. The average molecular weight is 282 g/mol. The van der Waals surface area contributed by atoms with Crippen LogP contribution in [0.5, 0.6) is 0 Å². The Bertz CT molecular complexity index is 725. The summed E-state index contributed by atoms with van der Waals surface area (Å²) in [6, 6.07) is 1.84. The molecule has 1 heterocycles. The highest BCUT2D eigenvalue weighted by Crippen LogP contribution is 2.29. The summed E-state index contributed by atoms with van der Waals surface area (Å²) in [5.74, 6) is -5.49. The van der Waals surface area contributed by atoms with Crippen LogP contribution in [-0.2, 0) is 12.8 Å². The molecule has 1 N–H and O–H groups in total. The Kier molecular flexibility index (Phi) is 2.77. The van der Waals surface area contributed by atoms with Crippen LogP contribution in [0.3, 0.4) is 0 Å². The quantitative estimate of drug-likeness (QED) is 0.861. The molecule has 2 aromatic rings. The number of carbonyl (C=O) groups is 1. The zero-order chi connectivity index (χ0) is 14.4. The fraction of sp³-hybridized carbons (Fsp3) is 0.231. The van der Waals surface area contributed by atoms with Crippen LogP contribution >= 0.6 is 0 Å². The van der Waals surface area contributed by atoms with Crippen LogP contribution in [-0.4, -0.2) is 20.9 Å². The zero-order valence-electron chi connectivity index (χ0n) is 10.2. The lowest BCUT2D eigenvalue weighted by Crippen LogP contribution is -2.08. The first-order valence-electron chi connectivity index (χ1n) is 5.98. The number of hydrogen-bond donors (Lipinski definition) is 1. The lowest BCUT2D eigenvalue weighted by atomic mass is 10.2. The largest absolute Gasteiger partial charge is 0.476 e. The minimum absolute atomic E-state index is 0.165. The van der Waals surface area contributed by atoms with Gasteiger partial charge in [-0.1, -0.05) is 0 Å². The van der Waals surface area contributed by atoms with E-state index in [1.165, 1.54) is 0 Å². The molecule has 0 saturated carbocycles. The summed E-state index contributed by atoms with van der Waals surface area (Å²) in [5, 5.41) is 12.9. The topological polar surface area (TPSA) is 55.1 Å². The molecule has 1 aliphatic rings.